The number of carboxylic acids is 1. The molecule has 3 aliphatic rings. The molecule has 0 saturated carbocycles. The molecule has 0 aromatic rings. The SMILES string of the molecule is CCC1C(C(=O)O)CCCN1C(=O)N1CCC2(CC1)OCCO2. The van der Waals surface area contributed by atoms with Crippen LogP contribution in [0.25, 0.3) is 0 Å². The summed E-state index contributed by atoms with van der Waals surface area (Å²) < 4.78 is 11.4. The minimum Gasteiger partial charge on any atom is -0.481 e. The Morgan fingerprint density at radius 2 is 1.83 bits per heavy atom. The van der Waals surface area contributed by atoms with Crippen LogP contribution in [0.2, 0.25) is 0 Å². The van der Waals surface area contributed by atoms with Gasteiger partial charge in [-0.25, -0.2) is 4.79 Å². The van der Waals surface area contributed by atoms with Gasteiger partial charge in [0.05, 0.1) is 19.1 Å². The first kappa shape index (κ1) is 16.5. The molecule has 3 fully saturated rings. The van der Waals surface area contributed by atoms with Crippen molar-refractivity contribution in [1.29, 1.82) is 0 Å². The minimum absolute atomic E-state index is 0.0318. The van der Waals surface area contributed by atoms with Gasteiger partial charge in [-0.2, -0.15) is 0 Å². The van der Waals surface area contributed by atoms with Gasteiger partial charge in [0.25, 0.3) is 0 Å². The van der Waals surface area contributed by atoms with Crippen molar-refractivity contribution >= 4 is 12.0 Å². The molecule has 2 atom stereocenters. The first-order valence-electron chi connectivity index (χ1n) is 8.62. The van der Waals surface area contributed by atoms with Crippen LogP contribution in [0, 0.1) is 5.92 Å². The molecular formula is C16H26N2O5. The molecule has 130 valence electrons. The van der Waals surface area contributed by atoms with Crippen molar-refractivity contribution in [2.24, 2.45) is 5.92 Å². The molecule has 3 heterocycles. The predicted molar refractivity (Wildman–Crippen MR) is 82.0 cm³/mol. The van der Waals surface area contributed by atoms with Gasteiger partial charge in [0.1, 0.15) is 0 Å². The Kier molecular flexibility index (Phi) is 4.77. The predicted octanol–water partition coefficient (Wildman–Crippen LogP) is 1.52. The first-order valence-corrected chi connectivity index (χ1v) is 8.62. The van der Waals surface area contributed by atoms with Gasteiger partial charge in [-0.15, -0.1) is 0 Å². The highest BCUT2D eigenvalue weighted by atomic mass is 16.7. The van der Waals surface area contributed by atoms with Crippen molar-refractivity contribution in [3.05, 3.63) is 0 Å². The lowest BCUT2D eigenvalue weighted by atomic mass is 9.87. The van der Waals surface area contributed by atoms with Gasteiger partial charge in [-0.05, 0) is 19.3 Å². The molecule has 2 unspecified atom stereocenters. The molecule has 3 aliphatic heterocycles. The third-order valence-corrected chi connectivity index (χ3v) is 5.37. The van der Waals surface area contributed by atoms with Gasteiger partial charge >= 0.3 is 12.0 Å². The molecule has 2 amide bonds. The van der Waals surface area contributed by atoms with Crippen LogP contribution in [0.5, 0.6) is 0 Å². The molecule has 0 aliphatic carbocycles. The number of amides is 2. The summed E-state index contributed by atoms with van der Waals surface area (Å²) in [4.78, 5) is 27.9. The van der Waals surface area contributed by atoms with E-state index in [0.29, 0.717) is 58.5 Å². The summed E-state index contributed by atoms with van der Waals surface area (Å²) in [6.07, 6.45) is 3.45. The van der Waals surface area contributed by atoms with Crippen LogP contribution in [0.4, 0.5) is 4.79 Å². The van der Waals surface area contributed by atoms with Crippen molar-refractivity contribution < 1.29 is 24.2 Å². The maximum Gasteiger partial charge on any atom is 0.320 e. The summed E-state index contributed by atoms with van der Waals surface area (Å²) in [7, 11) is 0. The number of carbonyl (C=O) groups excluding carboxylic acids is 1. The Bertz CT molecular complexity index is 453. The van der Waals surface area contributed by atoms with Crippen LogP contribution >= 0.6 is 0 Å². The van der Waals surface area contributed by atoms with E-state index in [2.05, 4.69) is 0 Å². The van der Waals surface area contributed by atoms with Crippen molar-refractivity contribution in [2.45, 2.75) is 50.9 Å². The minimum atomic E-state index is -0.792. The summed E-state index contributed by atoms with van der Waals surface area (Å²) >= 11 is 0. The topological polar surface area (TPSA) is 79.3 Å². The molecule has 7 nitrogen and oxygen atoms in total. The molecule has 7 heteroatoms. The highest BCUT2D eigenvalue weighted by molar-refractivity contribution is 5.77. The fourth-order valence-electron chi connectivity index (χ4n) is 4.09. The second-order valence-corrected chi connectivity index (χ2v) is 6.63. The Balaban J connectivity index is 1.64. The number of urea groups is 1. The lowest BCUT2D eigenvalue weighted by molar-refractivity contribution is -0.182. The smallest absolute Gasteiger partial charge is 0.320 e. The summed E-state index contributed by atoms with van der Waals surface area (Å²) in [5.41, 5.74) is 0. The van der Waals surface area contributed by atoms with Gasteiger partial charge in [-0.3, -0.25) is 4.79 Å². The Hall–Kier alpha value is -1.34. The van der Waals surface area contributed by atoms with Gasteiger partial charge in [0, 0.05) is 38.5 Å². The highest BCUT2D eigenvalue weighted by Gasteiger charge is 2.43. The Labute approximate surface area is 136 Å². The molecule has 0 radical (unpaired) electrons. The van der Waals surface area contributed by atoms with Gasteiger partial charge in [0.2, 0.25) is 0 Å². The fourth-order valence-corrected chi connectivity index (χ4v) is 4.09. The number of aliphatic carboxylic acids is 1. The van der Waals surface area contributed by atoms with Crippen molar-refractivity contribution in [3.63, 3.8) is 0 Å². The maximum atomic E-state index is 12.9. The van der Waals surface area contributed by atoms with Crippen LogP contribution in [-0.4, -0.2) is 71.6 Å². The third kappa shape index (κ3) is 3.17. The molecular weight excluding hydrogens is 300 g/mol. The molecule has 0 aromatic heterocycles. The summed E-state index contributed by atoms with van der Waals surface area (Å²) in [6, 6.07) is -0.237. The molecule has 3 saturated heterocycles. The molecule has 0 aromatic carbocycles. The second-order valence-electron chi connectivity index (χ2n) is 6.63. The van der Waals surface area contributed by atoms with Gasteiger partial charge in [0.15, 0.2) is 5.79 Å². The average molecular weight is 326 g/mol. The monoisotopic (exact) mass is 326 g/mol. The number of hydrogen-bond acceptors (Lipinski definition) is 4. The van der Waals surface area contributed by atoms with E-state index in [9.17, 15) is 14.7 Å². The molecule has 0 bridgehead atoms. The number of hydrogen-bond donors (Lipinski definition) is 1. The quantitative estimate of drug-likeness (QED) is 0.832. The largest absolute Gasteiger partial charge is 0.481 e. The number of rotatable bonds is 2. The van der Waals surface area contributed by atoms with E-state index in [1.165, 1.54) is 0 Å². The lowest BCUT2D eigenvalue weighted by Gasteiger charge is -2.44. The standard InChI is InChI=1S/C16H26N2O5/c1-2-13-12(14(19)20)4-3-7-18(13)15(21)17-8-5-16(6-9-17)22-10-11-23-16/h12-13H,2-11H2,1H3,(H,19,20). The van der Waals surface area contributed by atoms with Crippen LogP contribution in [0.3, 0.4) is 0 Å². The number of carbonyl (C=O) groups is 2. The van der Waals surface area contributed by atoms with Gasteiger partial charge in [-0.1, -0.05) is 6.92 Å². The van der Waals surface area contributed by atoms with Crippen LogP contribution in [-0.2, 0) is 14.3 Å². The summed E-state index contributed by atoms with van der Waals surface area (Å²) in [5, 5.41) is 9.40. The van der Waals surface area contributed by atoms with E-state index in [0.717, 1.165) is 6.42 Å². The number of nitrogens with zero attached hydrogens (tertiary/aromatic N) is 2. The Morgan fingerprint density at radius 1 is 1.17 bits per heavy atom. The number of likely N-dealkylation sites (tertiary alicyclic amines) is 2. The highest BCUT2D eigenvalue weighted by Crippen LogP contribution is 2.33. The normalized spacial score (nSPS) is 30.7. The summed E-state index contributed by atoms with van der Waals surface area (Å²) in [5.74, 6) is -1.73. The second kappa shape index (κ2) is 6.65. The number of piperidine rings is 2. The van der Waals surface area contributed by atoms with Crippen LogP contribution in [0.1, 0.15) is 39.0 Å². The fraction of sp³-hybridized carbons (Fsp3) is 0.875. The van der Waals surface area contributed by atoms with E-state index in [1.54, 1.807) is 4.90 Å². The van der Waals surface area contributed by atoms with E-state index in [-0.39, 0.29) is 12.1 Å². The zero-order valence-electron chi connectivity index (χ0n) is 13.7. The molecule has 23 heavy (non-hydrogen) atoms. The molecule has 3 rings (SSSR count). The molecule has 1 spiro atoms. The summed E-state index contributed by atoms with van der Waals surface area (Å²) in [6.45, 7) is 5.05. The number of ether oxygens (including phenoxy) is 2. The van der Waals surface area contributed by atoms with Crippen LogP contribution < -0.4 is 0 Å². The van der Waals surface area contributed by atoms with Crippen molar-refractivity contribution in [3.8, 4) is 0 Å². The Morgan fingerprint density at radius 3 is 2.39 bits per heavy atom. The van der Waals surface area contributed by atoms with E-state index >= 15 is 0 Å². The maximum absolute atomic E-state index is 12.9. The van der Waals surface area contributed by atoms with Crippen molar-refractivity contribution in [1.82, 2.24) is 9.80 Å². The van der Waals surface area contributed by atoms with E-state index < -0.39 is 17.7 Å². The zero-order chi connectivity index (χ0) is 16.4. The third-order valence-electron chi connectivity index (χ3n) is 5.37. The van der Waals surface area contributed by atoms with E-state index in [4.69, 9.17) is 9.47 Å². The number of carboxylic acid groups (broad SMARTS) is 1. The van der Waals surface area contributed by atoms with Crippen molar-refractivity contribution in [2.75, 3.05) is 32.8 Å². The molecule has 1 N–H and O–H groups in total. The average Bonchev–Trinajstić information content (AvgIpc) is 3.02. The van der Waals surface area contributed by atoms with Gasteiger partial charge < -0.3 is 24.4 Å². The lowest BCUT2D eigenvalue weighted by Crippen LogP contribution is -2.57. The van der Waals surface area contributed by atoms with E-state index in [1.807, 2.05) is 11.8 Å². The van der Waals surface area contributed by atoms with Crippen LogP contribution in [0.15, 0.2) is 0 Å². The zero-order valence-corrected chi connectivity index (χ0v) is 13.7. The first-order chi connectivity index (χ1) is 11.1.